The van der Waals surface area contributed by atoms with Crippen LogP contribution < -0.4 is 5.32 Å². The minimum absolute atomic E-state index is 0.357. The second-order valence-electron chi connectivity index (χ2n) is 2.95. The van der Waals surface area contributed by atoms with E-state index in [9.17, 15) is 5.11 Å². The molecular formula is C10H13N3O. The number of aliphatic hydroxyl groups excluding tert-OH is 1. The van der Waals surface area contributed by atoms with Gasteiger partial charge in [0, 0.05) is 12.7 Å². The Hall–Kier alpha value is -1.60. The molecule has 0 aliphatic heterocycles. The van der Waals surface area contributed by atoms with E-state index in [0.29, 0.717) is 24.3 Å². The van der Waals surface area contributed by atoms with E-state index in [0.717, 1.165) is 0 Å². The van der Waals surface area contributed by atoms with Crippen molar-refractivity contribution < 1.29 is 5.11 Å². The van der Waals surface area contributed by atoms with Crippen molar-refractivity contribution >= 4 is 5.69 Å². The highest BCUT2D eigenvalue weighted by Crippen LogP contribution is 2.10. The minimum atomic E-state index is -0.387. The van der Waals surface area contributed by atoms with E-state index < -0.39 is 0 Å². The first-order valence-electron chi connectivity index (χ1n) is 4.55. The van der Waals surface area contributed by atoms with Gasteiger partial charge in [0.15, 0.2) is 5.69 Å². The normalized spacial score (nSPS) is 11.8. The van der Waals surface area contributed by atoms with Crippen LogP contribution in [0.1, 0.15) is 19.0 Å². The Kier molecular flexibility index (Phi) is 3.89. The first-order valence-corrected chi connectivity index (χ1v) is 4.55. The van der Waals surface area contributed by atoms with Crippen LogP contribution in [0.5, 0.6) is 0 Å². The number of nitrogens with one attached hydrogen (secondary N) is 1. The van der Waals surface area contributed by atoms with Crippen LogP contribution in [0, 0.1) is 11.3 Å². The summed E-state index contributed by atoms with van der Waals surface area (Å²) in [4.78, 5) is 3.90. The molecule has 0 aliphatic carbocycles. The van der Waals surface area contributed by atoms with E-state index in [1.807, 2.05) is 13.0 Å². The Labute approximate surface area is 83.2 Å². The van der Waals surface area contributed by atoms with Gasteiger partial charge in [0.1, 0.15) is 6.07 Å². The van der Waals surface area contributed by atoms with Crippen LogP contribution in [0.15, 0.2) is 18.3 Å². The lowest BCUT2D eigenvalue weighted by Gasteiger charge is -2.10. The quantitative estimate of drug-likeness (QED) is 0.748. The first-order chi connectivity index (χ1) is 6.77. The summed E-state index contributed by atoms with van der Waals surface area (Å²) in [6.45, 7) is 2.34. The Morgan fingerprint density at radius 2 is 2.50 bits per heavy atom. The van der Waals surface area contributed by atoms with Gasteiger partial charge in [0.25, 0.3) is 0 Å². The van der Waals surface area contributed by atoms with Crippen molar-refractivity contribution in [3.8, 4) is 6.07 Å². The zero-order chi connectivity index (χ0) is 10.4. The maximum absolute atomic E-state index is 9.32. The molecule has 0 aliphatic rings. The molecule has 1 unspecified atom stereocenters. The fourth-order valence-electron chi connectivity index (χ4n) is 1.01. The van der Waals surface area contributed by atoms with Gasteiger partial charge in [-0.2, -0.15) is 5.26 Å². The van der Waals surface area contributed by atoms with Crippen molar-refractivity contribution in [1.29, 1.82) is 5.26 Å². The summed E-state index contributed by atoms with van der Waals surface area (Å²) >= 11 is 0. The number of rotatable bonds is 4. The number of nitrogens with zero attached hydrogens (tertiary/aromatic N) is 2. The van der Waals surface area contributed by atoms with E-state index in [1.54, 1.807) is 18.3 Å². The van der Waals surface area contributed by atoms with Gasteiger partial charge in [0.05, 0.1) is 11.8 Å². The molecule has 0 spiro atoms. The van der Waals surface area contributed by atoms with E-state index in [-0.39, 0.29) is 6.10 Å². The molecule has 4 heteroatoms. The zero-order valence-corrected chi connectivity index (χ0v) is 8.07. The number of aromatic nitrogens is 1. The summed E-state index contributed by atoms with van der Waals surface area (Å²) in [7, 11) is 0. The molecule has 0 radical (unpaired) electrons. The molecule has 0 amide bonds. The number of hydrogen-bond donors (Lipinski definition) is 2. The molecule has 0 saturated heterocycles. The molecule has 1 aromatic rings. The Morgan fingerprint density at radius 3 is 3.14 bits per heavy atom. The fourth-order valence-corrected chi connectivity index (χ4v) is 1.01. The second kappa shape index (κ2) is 5.20. The molecule has 0 saturated carbocycles. The number of aliphatic hydroxyl groups is 1. The lowest BCUT2D eigenvalue weighted by atomic mass is 10.2. The zero-order valence-electron chi connectivity index (χ0n) is 8.07. The van der Waals surface area contributed by atoms with Crippen LogP contribution in [0.4, 0.5) is 5.69 Å². The molecule has 1 heterocycles. The molecule has 14 heavy (non-hydrogen) atoms. The lowest BCUT2D eigenvalue weighted by molar-refractivity contribution is 0.183. The molecular weight excluding hydrogens is 178 g/mol. The number of pyridine rings is 1. The highest BCUT2D eigenvalue weighted by Gasteiger charge is 2.04. The van der Waals surface area contributed by atoms with Gasteiger partial charge in [0.2, 0.25) is 0 Å². The van der Waals surface area contributed by atoms with E-state index in [1.165, 1.54) is 0 Å². The van der Waals surface area contributed by atoms with Crippen LogP contribution in [-0.2, 0) is 0 Å². The summed E-state index contributed by atoms with van der Waals surface area (Å²) in [5, 5.41) is 21.0. The van der Waals surface area contributed by atoms with Crippen molar-refractivity contribution in [3.05, 3.63) is 24.0 Å². The molecule has 1 atom stereocenters. The summed E-state index contributed by atoms with van der Waals surface area (Å²) in [5.74, 6) is 0. The van der Waals surface area contributed by atoms with Crippen molar-refractivity contribution in [2.45, 2.75) is 19.4 Å². The van der Waals surface area contributed by atoms with E-state index in [2.05, 4.69) is 10.3 Å². The predicted molar refractivity (Wildman–Crippen MR) is 53.7 cm³/mol. The standard InChI is InChI=1S/C10H13N3O/c1-2-8(14)7-13-9-4-3-5-12-10(9)6-11/h3-5,8,13-14H,2,7H2,1H3. The Morgan fingerprint density at radius 1 is 1.71 bits per heavy atom. The molecule has 0 bridgehead atoms. The third-order valence-electron chi connectivity index (χ3n) is 1.91. The molecule has 1 aromatic heterocycles. The van der Waals surface area contributed by atoms with Gasteiger partial charge >= 0.3 is 0 Å². The number of nitriles is 1. The van der Waals surface area contributed by atoms with Gasteiger partial charge in [-0.25, -0.2) is 4.98 Å². The number of hydrogen-bond acceptors (Lipinski definition) is 4. The summed E-state index contributed by atoms with van der Waals surface area (Å²) in [6.07, 6.45) is 1.87. The topological polar surface area (TPSA) is 68.9 Å². The highest BCUT2D eigenvalue weighted by atomic mass is 16.3. The average molecular weight is 191 g/mol. The molecule has 2 N–H and O–H groups in total. The summed E-state index contributed by atoms with van der Waals surface area (Å²) in [5.41, 5.74) is 1.03. The smallest absolute Gasteiger partial charge is 0.163 e. The SMILES string of the molecule is CCC(O)CNc1cccnc1C#N. The van der Waals surface area contributed by atoms with Crippen molar-refractivity contribution in [2.24, 2.45) is 0 Å². The maximum Gasteiger partial charge on any atom is 0.163 e. The molecule has 4 nitrogen and oxygen atoms in total. The molecule has 74 valence electrons. The third-order valence-corrected chi connectivity index (χ3v) is 1.91. The van der Waals surface area contributed by atoms with Crippen molar-refractivity contribution in [3.63, 3.8) is 0 Å². The summed E-state index contributed by atoms with van der Waals surface area (Å²) < 4.78 is 0. The molecule has 1 rings (SSSR count). The van der Waals surface area contributed by atoms with Crippen LogP contribution >= 0.6 is 0 Å². The highest BCUT2D eigenvalue weighted by molar-refractivity contribution is 5.53. The molecule has 0 fully saturated rings. The van der Waals surface area contributed by atoms with Gasteiger partial charge < -0.3 is 10.4 Å². The maximum atomic E-state index is 9.32. The Balaban J connectivity index is 2.63. The van der Waals surface area contributed by atoms with Crippen LogP contribution in [0.3, 0.4) is 0 Å². The fraction of sp³-hybridized carbons (Fsp3) is 0.400. The number of anilines is 1. The molecule has 0 aromatic carbocycles. The third kappa shape index (κ3) is 2.71. The summed E-state index contributed by atoms with van der Waals surface area (Å²) in [6, 6.07) is 5.51. The van der Waals surface area contributed by atoms with Gasteiger partial charge in [-0.3, -0.25) is 0 Å². The van der Waals surface area contributed by atoms with E-state index >= 15 is 0 Å². The monoisotopic (exact) mass is 191 g/mol. The minimum Gasteiger partial charge on any atom is -0.391 e. The van der Waals surface area contributed by atoms with Crippen LogP contribution in [-0.4, -0.2) is 22.7 Å². The predicted octanol–water partition coefficient (Wildman–Crippen LogP) is 1.14. The van der Waals surface area contributed by atoms with Gasteiger partial charge in [-0.1, -0.05) is 6.92 Å². The van der Waals surface area contributed by atoms with Crippen LogP contribution in [0.2, 0.25) is 0 Å². The largest absolute Gasteiger partial charge is 0.391 e. The second-order valence-corrected chi connectivity index (χ2v) is 2.95. The average Bonchev–Trinajstić information content (AvgIpc) is 2.26. The lowest BCUT2D eigenvalue weighted by Crippen LogP contribution is -2.18. The van der Waals surface area contributed by atoms with E-state index in [4.69, 9.17) is 5.26 Å². The Bertz CT molecular complexity index is 332. The van der Waals surface area contributed by atoms with Gasteiger partial charge in [-0.05, 0) is 18.6 Å². The van der Waals surface area contributed by atoms with Crippen LogP contribution in [0.25, 0.3) is 0 Å². The van der Waals surface area contributed by atoms with Crippen molar-refractivity contribution in [2.75, 3.05) is 11.9 Å². The van der Waals surface area contributed by atoms with Crippen molar-refractivity contribution in [1.82, 2.24) is 4.98 Å². The first kappa shape index (κ1) is 10.5. The van der Waals surface area contributed by atoms with Gasteiger partial charge in [-0.15, -0.1) is 0 Å².